The summed E-state index contributed by atoms with van der Waals surface area (Å²) in [6, 6.07) is 10.1. The number of likely N-dealkylation sites (tertiary alicyclic amines) is 1. The average molecular weight is 367 g/mol. The van der Waals surface area contributed by atoms with Crippen LogP contribution in [-0.2, 0) is 13.1 Å². The third kappa shape index (κ3) is 2.88. The molecule has 4 aliphatic rings. The lowest BCUT2D eigenvalue weighted by Gasteiger charge is -2.51. The number of rotatable bonds is 5. The topological polar surface area (TPSA) is 33.5 Å². The normalized spacial score (nSPS) is 32.6. The minimum atomic E-state index is 0.561. The van der Waals surface area contributed by atoms with Crippen LogP contribution in [0.5, 0.6) is 5.75 Å². The average Bonchev–Trinajstić information content (AvgIpc) is 3.35. The zero-order valence-corrected chi connectivity index (χ0v) is 16.4. The van der Waals surface area contributed by atoms with Crippen LogP contribution in [0.4, 0.5) is 0 Å². The van der Waals surface area contributed by atoms with Crippen LogP contribution in [0.1, 0.15) is 36.9 Å². The highest BCUT2D eigenvalue weighted by molar-refractivity contribution is 5.34. The van der Waals surface area contributed by atoms with Gasteiger partial charge in [0.05, 0.1) is 19.1 Å². The van der Waals surface area contributed by atoms with Gasteiger partial charge in [0.15, 0.2) is 0 Å². The maximum Gasteiger partial charge on any atom is 0.119 e. The fourth-order valence-corrected chi connectivity index (χ4v) is 5.86. The molecule has 5 nitrogen and oxygen atoms in total. The summed E-state index contributed by atoms with van der Waals surface area (Å²) in [4.78, 5) is 9.92. The number of hydrogen-bond donors (Lipinski definition) is 0. The van der Waals surface area contributed by atoms with Crippen molar-refractivity contribution in [3.05, 3.63) is 48.0 Å². The van der Waals surface area contributed by atoms with E-state index in [-0.39, 0.29) is 0 Å². The third-order valence-electron chi connectivity index (χ3n) is 7.12. The van der Waals surface area contributed by atoms with Crippen molar-refractivity contribution in [2.45, 2.75) is 50.9 Å². The molecule has 0 N–H and O–H groups in total. The SMILES string of the molecule is CCn1cncc1CN1C[C@H](c2cccc(OC)c2)[C@H]2[C@@H]1C1CCN2CC1. The molecule has 6 rings (SSSR count). The van der Waals surface area contributed by atoms with E-state index in [0.717, 1.165) is 31.3 Å². The van der Waals surface area contributed by atoms with Gasteiger partial charge in [-0.2, -0.15) is 0 Å². The summed E-state index contributed by atoms with van der Waals surface area (Å²) in [5, 5.41) is 0. The molecule has 2 bridgehead atoms. The molecule has 1 aromatic carbocycles. The molecule has 4 saturated heterocycles. The second-order valence-corrected chi connectivity index (χ2v) is 8.34. The van der Waals surface area contributed by atoms with Gasteiger partial charge < -0.3 is 9.30 Å². The van der Waals surface area contributed by atoms with E-state index >= 15 is 0 Å². The quantitative estimate of drug-likeness (QED) is 0.815. The summed E-state index contributed by atoms with van der Waals surface area (Å²) in [5.41, 5.74) is 2.78. The Hall–Kier alpha value is -1.85. The molecule has 0 spiro atoms. The largest absolute Gasteiger partial charge is 0.497 e. The van der Waals surface area contributed by atoms with Crippen LogP contribution in [-0.4, -0.2) is 58.2 Å². The van der Waals surface area contributed by atoms with Crippen molar-refractivity contribution >= 4 is 0 Å². The highest BCUT2D eigenvalue weighted by Gasteiger charge is 2.53. The smallest absolute Gasteiger partial charge is 0.119 e. The fourth-order valence-electron chi connectivity index (χ4n) is 5.86. The summed E-state index contributed by atoms with van der Waals surface area (Å²) in [6.45, 7) is 7.88. The van der Waals surface area contributed by atoms with Gasteiger partial charge in [-0.05, 0) is 56.5 Å². The van der Waals surface area contributed by atoms with Gasteiger partial charge in [-0.1, -0.05) is 12.1 Å². The number of piperidine rings is 3. The molecule has 4 fully saturated rings. The number of imidazole rings is 1. The maximum absolute atomic E-state index is 5.52. The van der Waals surface area contributed by atoms with Gasteiger partial charge in [-0.25, -0.2) is 4.98 Å². The summed E-state index contributed by atoms with van der Waals surface area (Å²) >= 11 is 0. The molecule has 5 heteroatoms. The lowest BCUT2D eigenvalue weighted by molar-refractivity contribution is -0.00921. The van der Waals surface area contributed by atoms with Gasteiger partial charge in [-0.3, -0.25) is 9.80 Å². The zero-order chi connectivity index (χ0) is 18.4. The minimum Gasteiger partial charge on any atom is -0.497 e. The summed E-state index contributed by atoms with van der Waals surface area (Å²) in [7, 11) is 1.76. The lowest BCUT2D eigenvalue weighted by Crippen LogP contribution is -2.60. The number of aromatic nitrogens is 2. The first-order valence-electron chi connectivity index (χ1n) is 10.4. The van der Waals surface area contributed by atoms with Crippen molar-refractivity contribution in [2.24, 2.45) is 5.92 Å². The monoisotopic (exact) mass is 366 g/mol. The van der Waals surface area contributed by atoms with Gasteiger partial charge in [0.25, 0.3) is 0 Å². The van der Waals surface area contributed by atoms with E-state index in [9.17, 15) is 0 Å². The summed E-state index contributed by atoms with van der Waals surface area (Å²) in [6.07, 6.45) is 6.74. The predicted octanol–water partition coefficient (Wildman–Crippen LogP) is 2.97. The van der Waals surface area contributed by atoms with E-state index in [2.05, 4.69) is 56.7 Å². The van der Waals surface area contributed by atoms with E-state index in [1.165, 1.54) is 37.2 Å². The molecule has 144 valence electrons. The molecule has 2 aromatic rings. The van der Waals surface area contributed by atoms with E-state index in [0.29, 0.717) is 18.0 Å². The van der Waals surface area contributed by atoms with Crippen LogP contribution in [0.15, 0.2) is 36.8 Å². The Bertz CT molecular complexity index is 795. The first kappa shape index (κ1) is 17.3. The van der Waals surface area contributed by atoms with Gasteiger partial charge in [-0.15, -0.1) is 0 Å². The second kappa shape index (κ2) is 6.95. The lowest BCUT2D eigenvalue weighted by atomic mass is 9.75. The van der Waals surface area contributed by atoms with E-state index in [4.69, 9.17) is 4.74 Å². The highest BCUT2D eigenvalue weighted by Crippen LogP contribution is 2.47. The van der Waals surface area contributed by atoms with Gasteiger partial charge in [0.2, 0.25) is 0 Å². The molecule has 0 radical (unpaired) electrons. The Kier molecular flexibility index (Phi) is 4.44. The number of aryl methyl sites for hydroxylation is 1. The molecule has 0 aliphatic carbocycles. The van der Waals surface area contributed by atoms with Crippen LogP contribution in [0.25, 0.3) is 0 Å². The third-order valence-corrected chi connectivity index (χ3v) is 7.12. The van der Waals surface area contributed by atoms with Crippen molar-refractivity contribution in [3.63, 3.8) is 0 Å². The molecule has 0 unspecified atom stereocenters. The standard InChI is InChI=1S/C22H30N4O/c1-3-24-15-23-12-18(24)13-26-14-20(17-5-4-6-19(11-17)27-2)22-21(26)16-7-9-25(22)10-8-16/h4-6,11-12,15-16,20-22H,3,7-10,13-14H2,1-2H3/t20-,21+,22+/m1/s1. The van der Waals surface area contributed by atoms with Crippen molar-refractivity contribution in [1.29, 1.82) is 0 Å². The van der Waals surface area contributed by atoms with Gasteiger partial charge >= 0.3 is 0 Å². The summed E-state index contributed by atoms with van der Waals surface area (Å²) in [5.74, 6) is 2.38. The Labute approximate surface area is 161 Å². The Morgan fingerprint density at radius 3 is 2.81 bits per heavy atom. The molecular formula is C22H30N4O. The maximum atomic E-state index is 5.52. The van der Waals surface area contributed by atoms with Crippen LogP contribution in [0.2, 0.25) is 0 Å². The van der Waals surface area contributed by atoms with Gasteiger partial charge in [0, 0.05) is 43.8 Å². The van der Waals surface area contributed by atoms with Crippen LogP contribution >= 0.6 is 0 Å². The fraction of sp³-hybridized carbons (Fsp3) is 0.591. The molecule has 3 atom stereocenters. The van der Waals surface area contributed by atoms with E-state index in [1.54, 1.807) is 7.11 Å². The Morgan fingerprint density at radius 2 is 2.04 bits per heavy atom. The van der Waals surface area contributed by atoms with Crippen LogP contribution in [0, 0.1) is 5.92 Å². The number of benzene rings is 1. The van der Waals surface area contributed by atoms with Crippen molar-refractivity contribution in [3.8, 4) is 5.75 Å². The molecule has 27 heavy (non-hydrogen) atoms. The van der Waals surface area contributed by atoms with Crippen LogP contribution < -0.4 is 4.74 Å². The van der Waals surface area contributed by atoms with Crippen molar-refractivity contribution < 1.29 is 4.74 Å². The Balaban J connectivity index is 1.48. The molecule has 0 saturated carbocycles. The zero-order valence-electron chi connectivity index (χ0n) is 16.4. The van der Waals surface area contributed by atoms with Crippen molar-refractivity contribution in [2.75, 3.05) is 26.7 Å². The molecular weight excluding hydrogens is 336 g/mol. The van der Waals surface area contributed by atoms with E-state index in [1.807, 2.05) is 6.33 Å². The molecule has 5 heterocycles. The number of ether oxygens (including phenoxy) is 1. The number of methoxy groups -OCH3 is 1. The van der Waals surface area contributed by atoms with Crippen LogP contribution in [0.3, 0.4) is 0 Å². The highest BCUT2D eigenvalue weighted by atomic mass is 16.5. The number of hydrogen-bond acceptors (Lipinski definition) is 4. The van der Waals surface area contributed by atoms with E-state index < -0.39 is 0 Å². The van der Waals surface area contributed by atoms with Crippen molar-refractivity contribution in [1.82, 2.24) is 19.4 Å². The van der Waals surface area contributed by atoms with Gasteiger partial charge in [0.1, 0.15) is 5.75 Å². The summed E-state index contributed by atoms with van der Waals surface area (Å²) < 4.78 is 7.80. The first-order valence-corrected chi connectivity index (χ1v) is 10.4. The number of fused-ring (bicyclic) bond motifs is 2. The molecule has 0 amide bonds. The predicted molar refractivity (Wildman–Crippen MR) is 106 cm³/mol. The minimum absolute atomic E-state index is 0.561. The number of nitrogens with zero attached hydrogens (tertiary/aromatic N) is 4. The molecule has 4 aliphatic heterocycles. The Morgan fingerprint density at radius 1 is 1.19 bits per heavy atom. The first-order chi connectivity index (χ1) is 13.3. The second-order valence-electron chi connectivity index (χ2n) is 8.34. The molecule has 1 aromatic heterocycles.